The molecule has 4 rings (SSSR count). The van der Waals surface area contributed by atoms with E-state index >= 15 is 4.79 Å². The number of fused-ring (bicyclic) bond motifs is 2. The van der Waals surface area contributed by atoms with Crippen molar-refractivity contribution in [3.05, 3.63) is 77.6 Å². The van der Waals surface area contributed by atoms with Crippen molar-refractivity contribution in [1.29, 1.82) is 5.41 Å². The third-order valence-corrected chi connectivity index (χ3v) is 18.6. The molecule has 42 heteroatoms. The number of aromatic hydroxyl groups is 1. The Bertz CT molecular complexity index is 3940. The zero-order valence-corrected chi connectivity index (χ0v) is 66.6. The lowest BCUT2D eigenvalue weighted by Crippen LogP contribution is -2.62. The Balaban J connectivity index is 1.99. The van der Waals surface area contributed by atoms with Gasteiger partial charge in [-0.05, 0) is 112 Å². The van der Waals surface area contributed by atoms with Gasteiger partial charge in [0.15, 0.2) is 5.96 Å². The summed E-state index contributed by atoms with van der Waals surface area (Å²) < 4.78 is 1.04. The number of carboxylic acid groups (broad SMARTS) is 3. The first kappa shape index (κ1) is 97.0. The Hall–Kier alpha value is -12.4. The van der Waals surface area contributed by atoms with Crippen LogP contribution in [-0.4, -0.2) is 234 Å². The Morgan fingerprint density at radius 3 is 1.55 bits per heavy atom. The van der Waals surface area contributed by atoms with Crippen molar-refractivity contribution in [2.24, 2.45) is 35.0 Å². The predicted octanol–water partition coefficient (Wildman–Crippen LogP) is -4.41. The Morgan fingerprint density at radius 1 is 0.564 bits per heavy atom. The first-order valence-corrected chi connectivity index (χ1v) is 38.6. The normalized spacial score (nSPS) is 22.4. The molecule has 0 fully saturated rings. The number of phenols is 1. The number of hydrogen-bond acceptors (Lipinski definition) is 22. The highest BCUT2D eigenvalue weighted by Gasteiger charge is 2.39. The molecule has 3 aromatic rings. The van der Waals surface area contributed by atoms with Crippen molar-refractivity contribution in [1.82, 2.24) is 89.4 Å². The molecule has 25 N–H and O–H groups in total. The van der Waals surface area contributed by atoms with Gasteiger partial charge in [-0.25, -0.2) is 4.68 Å². The molecule has 0 spiro atoms. The summed E-state index contributed by atoms with van der Waals surface area (Å²) in [5.41, 5.74) is 17.7. The summed E-state index contributed by atoms with van der Waals surface area (Å²) in [5, 5.41) is 91.0. The number of benzene rings is 2. The molecule has 13 atom stereocenters. The van der Waals surface area contributed by atoms with Gasteiger partial charge in [0.05, 0.1) is 18.8 Å². The number of rotatable bonds is 31. The molecule has 14 amide bonds. The number of phenolic OH excluding ortho intramolecular Hbond substituents is 1. The van der Waals surface area contributed by atoms with Crippen molar-refractivity contribution in [3.63, 3.8) is 0 Å². The SMILES string of the molecule is CC[C@H](C)[C@@H]1NC(=O)[C@H](CCC(=O)O)NC(=O)[C@H](CC(C)C)NC(=O)[C@H](Cc2ccc(O)cc2)NC(=O)[C@H](CCCNC(=N)N)NC(=O)CNC(=O)[C@H](CCC(=O)O)NC(=O)[C@H](CCCCN)NC(=O)[C@@H](NC(C)=O)Cc2cn(nn2)C[C@@H](C(=O)N[C@@H](CC(C)C)C(N)=O)NC(=O)[C@H](Cc2ccccc2)NC(=O)[C@H](CCC(=O)O)NC1=O. The van der Waals surface area contributed by atoms with E-state index in [0.717, 1.165) is 11.6 Å². The zero-order chi connectivity index (χ0) is 87.2. The number of unbranched alkanes of at least 4 members (excludes halogenated alkanes) is 1. The molecular weight excluding hydrogens is 1530 g/mol. The molecule has 2 bridgehead atoms. The summed E-state index contributed by atoms with van der Waals surface area (Å²) in [5.74, 6) is -21.2. The lowest BCUT2D eigenvalue weighted by Gasteiger charge is -2.30. The van der Waals surface area contributed by atoms with Crippen LogP contribution in [0.3, 0.4) is 0 Å². The molecule has 2 aromatic carbocycles. The number of nitrogens with one attached hydrogen (secondary N) is 15. The fraction of sp³-hybridized carbons (Fsp3) is 0.573. The van der Waals surface area contributed by atoms with E-state index in [1.54, 1.807) is 65.0 Å². The van der Waals surface area contributed by atoms with Gasteiger partial charge in [0.1, 0.15) is 78.3 Å². The highest BCUT2D eigenvalue weighted by atomic mass is 16.4. The predicted molar refractivity (Wildman–Crippen MR) is 418 cm³/mol. The fourth-order valence-electron chi connectivity index (χ4n) is 12.2. The van der Waals surface area contributed by atoms with Crippen molar-refractivity contribution in [2.75, 3.05) is 19.6 Å². The number of amides is 14. The van der Waals surface area contributed by atoms with Crippen LogP contribution in [-0.2, 0) is 107 Å². The van der Waals surface area contributed by atoms with Crippen LogP contribution in [0.2, 0.25) is 0 Å². The molecule has 42 nitrogen and oxygen atoms in total. The van der Waals surface area contributed by atoms with Crippen molar-refractivity contribution >= 4 is 107 Å². The molecule has 644 valence electrons. The van der Waals surface area contributed by atoms with Crippen LogP contribution in [0.25, 0.3) is 0 Å². The Kier molecular flexibility index (Phi) is 40.9. The average molecular weight is 1640 g/mol. The largest absolute Gasteiger partial charge is 0.508 e. The average Bonchev–Trinajstić information content (AvgIpc) is 1.83. The number of primary amides is 1. The highest BCUT2D eigenvalue weighted by molar-refractivity contribution is 6.00. The standard InChI is InChI=1S/C75H113N21O21/c1-8-41(6)62-74(117)87-50(24-27-60(102)103)67(110)91-54(33-43-15-10-9-11-16-43)71(114)92-57(73(116)88-52(63(77)106)31-39(2)3)38-96-37-45(94-95-96)35-56(82-42(7)97)72(115)84-48(17-12-13-29-76)66(109)85-49(23-26-59(100)101)64(107)81-36-58(99)83-47(18-14-30-80-75(78)79)65(108)90-55(34-44-19-21-46(98)22-20-44)70(113)89-53(32-40(4)5)69(112)86-51(68(111)93-62)25-28-61(104)105/h9-11,15-16,19-22,37,39-41,47-57,62,98H,8,12-14,17-18,23-36,38,76H2,1-7H3,(H2,77,106)(H,81,107)(H,82,97)(H,83,99)(H,84,115)(H,85,109)(H,86,112)(H,87,117)(H,88,116)(H,89,113)(H,90,108)(H,91,110)(H,92,114)(H,93,111)(H,100,101)(H,102,103)(H,104,105)(H4,78,79,80)/t41-,47-,48-,49-,50-,51-,52-,53-,54-,55-,56-,57-,62-/m0/s1. The third-order valence-electron chi connectivity index (χ3n) is 18.6. The summed E-state index contributed by atoms with van der Waals surface area (Å²) in [6.07, 6.45) is -4.20. The maximum Gasteiger partial charge on any atom is 0.303 e. The molecule has 117 heavy (non-hydrogen) atoms. The Labute approximate surface area is 675 Å². The van der Waals surface area contributed by atoms with Gasteiger partial charge in [-0.3, -0.25) is 86.9 Å². The van der Waals surface area contributed by atoms with Crippen LogP contribution in [0.4, 0.5) is 0 Å². The van der Waals surface area contributed by atoms with E-state index in [-0.39, 0.29) is 88.2 Å². The number of aliphatic carboxylic acids is 3. The van der Waals surface area contributed by atoms with Crippen molar-refractivity contribution < 1.29 is 102 Å². The minimum atomic E-state index is -1.84. The fourth-order valence-corrected chi connectivity index (χ4v) is 12.2. The summed E-state index contributed by atoms with van der Waals surface area (Å²) in [4.78, 5) is 238. The molecular formula is C75H113N21O21. The van der Waals surface area contributed by atoms with Crippen LogP contribution in [0, 0.1) is 23.2 Å². The number of carboxylic acids is 3. The van der Waals surface area contributed by atoms with E-state index < -0.39 is 249 Å². The van der Waals surface area contributed by atoms with Gasteiger partial charge in [0.25, 0.3) is 0 Å². The van der Waals surface area contributed by atoms with E-state index in [0.29, 0.717) is 17.5 Å². The van der Waals surface area contributed by atoms with Gasteiger partial charge in [-0.15, -0.1) is 5.10 Å². The first-order chi connectivity index (χ1) is 55.2. The topological polar surface area (TPSA) is 672 Å². The number of guanidine groups is 1. The lowest BCUT2D eigenvalue weighted by atomic mass is 9.96. The van der Waals surface area contributed by atoms with Gasteiger partial charge >= 0.3 is 17.9 Å². The minimum Gasteiger partial charge on any atom is -0.508 e. The quantitative estimate of drug-likeness (QED) is 0.0164. The van der Waals surface area contributed by atoms with E-state index in [1.807, 2.05) is 0 Å². The van der Waals surface area contributed by atoms with Crippen LogP contribution in [0.15, 0.2) is 60.8 Å². The summed E-state index contributed by atoms with van der Waals surface area (Å²) in [7, 11) is 0. The van der Waals surface area contributed by atoms with Crippen LogP contribution < -0.4 is 91.6 Å². The smallest absolute Gasteiger partial charge is 0.303 e. The molecule has 1 aliphatic rings. The maximum absolute atomic E-state index is 15.0. The number of carbonyl (C=O) groups is 17. The second kappa shape index (κ2) is 49.4. The lowest BCUT2D eigenvalue weighted by molar-refractivity contribution is -0.139. The summed E-state index contributed by atoms with van der Waals surface area (Å²) >= 11 is 0. The maximum atomic E-state index is 15.0. The van der Waals surface area contributed by atoms with Gasteiger partial charge in [0, 0.05) is 58.2 Å². The molecule has 0 radical (unpaired) electrons. The molecule has 2 heterocycles. The van der Waals surface area contributed by atoms with E-state index in [2.05, 4.69) is 84.7 Å². The molecule has 0 saturated carbocycles. The van der Waals surface area contributed by atoms with Gasteiger partial charge in [-0.2, -0.15) is 0 Å². The van der Waals surface area contributed by atoms with E-state index in [1.165, 1.54) is 37.4 Å². The van der Waals surface area contributed by atoms with Crippen LogP contribution >= 0.6 is 0 Å². The van der Waals surface area contributed by atoms with E-state index in [9.17, 15) is 97.1 Å². The molecule has 1 aromatic heterocycles. The second-order valence-corrected chi connectivity index (χ2v) is 29.4. The van der Waals surface area contributed by atoms with Gasteiger partial charge in [0.2, 0.25) is 82.7 Å². The Morgan fingerprint density at radius 2 is 1.03 bits per heavy atom. The molecule has 0 aliphatic carbocycles. The number of aromatic nitrogens is 3. The second-order valence-electron chi connectivity index (χ2n) is 29.4. The highest BCUT2D eigenvalue weighted by Crippen LogP contribution is 2.18. The molecule has 0 unspecified atom stereocenters. The number of hydrogen-bond donors (Lipinski definition) is 22. The van der Waals surface area contributed by atoms with Crippen LogP contribution in [0.1, 0.15) is 155 Å². The van der Waals surface area contributed by atoms with Crippen molar-refractivity contribution in [3.8, 4) is 5.75 Å². The van der Waals surface area contributed by atoms with E-state index in [4.69, 9.17) is 22.6 Å². The summed E-state index contributed by atoms with van der Waals surface area (Å²) in [6, 6.07) is -6.43. The first-order valence-electron chi connectivity index (χ1n) is 38.6. The minimum absolute atomic E-state index is 0.00126. The summed E-state index contributed by atoms with van der Waals surface area (Å²) in [6.45, 7) is 9.50. The zero-order valence-electron chi connectivity index (χ0n) is 66.6. The monoisotopic (exact) mass is 1640 g/mol. The van der Waals surface area contributed by atoms with Gasteiger partial charge in [-0.1, -0.05) is 95.6 Å². The van der Waals surface area contributed by atoms with Crippen molar-refractivity contribution in [2.45, 2.75) is 237 Å². The number of nitrogens with zero attached hydrogens (tertiary/aromatic N) is 3. The number of carbonyl (C=O) groups excluding carboxylic acids is 14. The molecule has 1 aliphatic heterocycles. The molecule has 0 saturated heterocycles. The third kappa shape index (κ3) is 35.9. The van der Waals surface area contributed by atoms with Crippen LogP contribution in [0.5, 0.6) is 5.75 Å². The van der Waals surface area contributed by atoms with Gasteiger partial charge < -0.3 is 112 Å². The number of nitrogens with two attached hydrogens (primary N) is 3.